The second kappa shape index (κ2) is 3.37. The van der Waals surface area contributed by atoms with Crippen LogP contribution < -0.4 is 0 Å². The van der Waals surface area contributed by atoms with Crippen molar-refractivity contribution in [3.8, 4) is 11.3 Å². The highest BCUT2D eigenvalue weighted by atomic mass is 32.1. The van der Waals surface area contributed by atoms with Crippen LogP contribution in [0.2, 0.25) is 0 Å². The predicted octanol–water partition coefficient (Wildman–Crippen LogP) is 3.44. The maximum atomic E-state index is 5.26. The van der Waals surface area contributed by atoms with Crippen LogP contribution in [0, 0.1) is 0 Å². The van der Waals surface area contributed by atoms with Gasteiger partial charge in [0.15, 0.2) is 0 Å². The summed E-state index contributed by atoms with van der Waals surface area (Å²) in [5.41, 5.74) is 1.15. The van der Waals surface area contributed by atoms with E-state index >= 15 is 0 Å². The summed E-state index contributed by atoms with van der Waals surface area (Å²) in [6.45, 7) is 0. The van der Waals surface area contributed by atoms with Gasteiger partial charge in [0.1, 0.15) is 5.76 Å². The fourth-order valence-electron chi connectivity index (χ4n) is 1.04. The molecule has 1 nitrogen and oxygen atoms in total. The van der Waals surface area contributed by atoms with Gasteiger partial charge < -0.3 is 4.42 Å². The predicted molar refractivity (Wildman–Crippen MR) is 54.7 cm³/mol. The highest BCUT2D eigenvalue weighted by Crippen LogP contribution is 2.26. The van der Waals surface area contributed by atoms with Gasteiger partial charge in [-0.1, -0.05) is 0 Å². The number of furan rings is 1. The summed E-state index contributed by atoms with van der Waals surface area (Å²) in [6.07, 6.45) is 1.69. The molecule has 62 valence electrons. The van der Waals surface area contributed by atoms with E-state index in [1.807, 2.05) is 12.1 Å². The van der Waals surface area contributed by atoms with Crippen molar-refractivity contribution in [2.75, 3.05) is 0 Å². The van der Waals surface area contributed by atoms with E-state index < -0.39 is 0 Å². The minimum absolute atomic E-state index is 0.797. The van der Waals surface area contributed by atoms with E-state index in [1.54, 1.807) is 17.6 Å². The smallest absolute Gasteiger partial charge is 0.134 e. The first kappa shape index (κ1) is 7.95. The highest BCUT2D eigenvalue weighted by Gasteiger charge is 2.02. The Kier molecular flexibility index (Phi) is 2.23. The molecule has 0 atom stereocenters. The Morgan fingerprint density at radius 3 is 3.00 bits per heavy atom. The lowest BCUT2D eigenvalue weighted by molar-refractivity contribution is 0.582. The molecule has 12 heavy (non-hydrogen) atoms. The molecule has 3 heteroatoms. The van der Waals surface area contributed by atoms with Crippen molar-refractivity contribution in [1.82, 2.24) is 0 Å². The zero-order valence-electron chi connectivity index (χ0n) is 6.36. The van der Waals surface area contributed by atoms with Gasteiger partial charge in [0, 0.05) is 21.6 Å². The van der Waals surface area contributed by atoms with Gasteiger partial charge in [0.2, 0.25) is 0 Å². The Bertz CT molecular complexity index is 348. The first-order valence-electron chi connectivity index (χ1n) is 3.62. The van der Waals surface area contributed by atoms with Crippen LogP contribution in [0.3, 0.4) is 0 Å². The maximum Gasteiger partial charge on any atom is 0.134 e. The minimum atomic E-state index is 0.797. The van der Waals surface area contributed by atoms with Crippen molar-refractivity contribution in [3.05, 3.63) is 34.7 Å². The lowest BCUT2D eigenvalue weighted by atomic mass is 10.2. The fraction of sp³-hybridized carbons (Fsp3) is 0.111. The molecule has 0 spiro atoms. The third-order valence-electron chi connectivity index (χ3n) is 1.62. The second-order valence-electron chi connectivity index (χ2n) is 2.44. The summed E-state index contributed by atoms with van der Waals surface area (Å²) < 4.78 is 5.26. The van der Waals surface area contributed by atoms with Crippen LogP contribution >= 0.6 is 24.0 Å². The number of rotatable bonds is 2. The summed E-state index contributed by atoms with van der Waals surface area (Å²) in [5, 5.41) is 2.09. The third kappa shape index (κ3) is 1.42. The van der Waals surface area contributed by atoms with E-state index in [0.717, 1.165) is 17.1 Å². The molecule has 0 saturated heterocycles. The second-order valence-corrected chi connectivity index (χ2v) is 3.75. The van der Waals surface area contributed by atoms with E-state index in [9.17, 15) is 0 Å². The molecule has 2 heterocycles. The summed E-state index contributed by atoms with van der Waals surface area (Å²) in [6, 6.07) is 5.97. The van der Waals surface area contributed by atoms with Crippen LogP contribution in [0.15, 0.2) is 34.3 Å². The SMILES string of the molecule is SCc1cc(-c2ccco2)cs1. The van der Waals surface area contributed by atoms with Gasteiger partial charge in [-0.15, -0.1) is 11.3 Å². The molecule has 0 saturated carbocycles. The Hall–Kier alpha value is -0.670. The van der Waals surface area contributed by atoms with Crippen LogP contribution in [-0.2, 0) is 5.75 Å². The quantitative estimate of drug-likeness (QED) is 0.726. The fourth-order valence-corrected chi connectivity index (χ4v) is 2.08. The number of hydrogen-bond acceptors (Lipinski definition) is 3. The van der Waals surface area contributed by atoms with E-state index in [1.165, 1.54) is 4.88 Å². The van der Waals surface area contributed by atoms with Crippen molar-refractivity contribution in [2.24, 2.45) is 0 Å². The summed E-state index contributed by atoms with van der Waals surface area (Å²) in [5.74, 6) is 1.73. The Morgan fingerprint density at radius 1 is 1.50 bits per heavy atom. The van der Waals surface area contributed by atoms with Gasteiger partial charge >= 0.3 is 0 Å². The lowest BCUT2D eigenvalue weighted by Gasteiger charge is -1.87. The average Bonchev–Trinajstić information content (AvgIpc) is 2.75. The zero-order chi connectivity index (χ0) is 8.39. The molecule has 0 aliphatic heterocycles. The van der Waals surface area contributed by atoms with E-state index in [-0.39, 0.29) is 0 Å². The van der Waals surface area contributed by atoms with Crippen molar-refractivity contribution in [1.29, 1.82) is 0 Å². The van der Waals surface area contributed by atoms with Gasteiger partial charge in [0.25, 0.3) is 0 Å². The highest BCUT2D eigenvalue weighted by molar-refractivity contribution is 7.79. The lowest BCUT2D eigenvalue weighted by Crippen LogP contribution is -1.66. The molecule has 0 amide bonds. The minimum Gasteiger partial charge on any atom is -0.464 e. The van der Waals surface area contributed by atoms with Crippen molar-refractivity contribution in [2.45, 2.75) is 5.75 Å². The van der Waals surface area contributed by atoms with Crippen LogP contribution in [0.1, 0.15) is 4.88 Å². The van der Waals surface area contributed by atoms with E-state index in [4.69, 9.17) is 4.42 Å². The number of thiol groups is 1. The maximum absolute atomic E-state index is 5.26. The topological polar surface area (TPSA) is 13.1 Å². The molecular formula is C9H8OS2. The van der Waals surface area contributed by atoms with Crippen LogP contribution in [0.5, 0.6) is 0 Å². The standard InChI is InChI=1S/C9H8OS2/c11-5-8-4-7(6-12-8)9-2-1-3-10-9/h1-4,6,11H,5H2. The van der Waals surface area contributed by atoms with Crippen LogP contribution in [-0.4, -0.2) is 0 Å². The van der Waals surface area contributed by atoms with Crippen molar-refractivity contribution in [3.63, 3.8) is 0 Å². The average molecular weight is 196 g/mol. The zero-order valence-corrected chi connectivity index (χ0v) is 8.07. The Morgan fingerprint density at radius 2 is 2.42 bits per heavy atom. The first-order valence-corrected chi connectivity index (χ1v) is 5.13. The van der Waals surface area contributed by atoms with Crippen LogP contribution in [0.25, 0.3) is 11.3 Å². The Labute approximate surface area is 80.4 Å². The van der Waals surface area contributed by atoms with Gasteiger partial charge in [-0.05, 0) is 18.2 Å². The monoisotopic (exact) mass is 196 g/mol. The third-order valence-corrected chi connectivity index (χ3v) is 3.11. The number of hydrogen-bond donors (Lipinski definition) is 1. The molecule has 0 bridgehead atoms. The summed E-state index contributed by atoms with van der Waals surface area (Å²) in [7, 11) is 0. The molecular weight excluding hydrogens is 188 g/mol. The molecule has 0 N–H and O–H groups in total. The largest absolute Gasteiger partial charge is 0.464 e. The molecule has 0 unspecified atom stereocenters. The summed E-state index contributed by atoms with van der Waals surface area (Å²) >= 11 is 5.91. The van der Waals surface area contributed by atoms with Gasteiger partial charge in [-0.2, -0.15) is 12.6 Å². The molecule has 2 aromatic rings. The molecule has 2 aromatic heterocycles. The first-order chi connectivity index (χ1) is 5.90. The normalized spacial score (nSPS) is 10.4. The van der Waals surface area contributed by atoms with Gasteiger partial charge in [-0.3, -0.25) is 0 Å². The number of thiophene rings is 1. The summed E-state index contributed by atoms with van der Waals surface area (Å²) in [4.78, 5) is 1.27. The molecule has 0 aliphatic rings. The Balaban J connectivity index is 2.35. The van der Waals surface area contributed by atoms with E-state index in [0.29, 0.717) is 0 Å². The van der Waals surface area contributed by atoms with Crippen LogP contribution in [0.4, 0.5) is 0 Å². The van der Waals surface area contributed by atoms with Gasteiger partial charge in [-0.25, -0.2) is 0 Å². The van der Waals surface area contributed by atoms with E-state index in [2.05, 4.69) is 24.1 Å². The molecule has 0 fully saturated rings. The molecule has 0 aromatic carbocycles. The van der Waals surface area contributed by atoms with Crippen molar-refractivity contribution >= 4 is 24.0 Å². The molecule has 0 aliphatic carbocycles. The molecule has 2 rings (SSSR count). The molecule has 0 radical (unpaired) electrons. The van der Waals surface area contributed by atoms with Gasteiger partial charge in [0.05, 0.1) is 6.26 Å². The van der Waals surface area contributed by atoms with Crippen molar-refractivity contribution < 1.29 is 4.42 Å².